The number of rotatable bonds is 5. The summed E-state index contributed by atoms with van der Waals surface area (Å²) in [5.74, 6) is -0.0238. The lowest BCUT2D eigenvalue weighted by atomic mass is 10.0. The third-order valence-corrected chi connectivity index (χ3v) is 3.79. The third-order valence-electron chi connectivity index (χ3n) is 3.79. The van der Waals surface area contributed by atoms with Gasteiger partial charge in [0.25, 0.3) is 5.91 Å². The number of aromatic hydroxyl groups is 1. The molecule has 0 atom stereocenters. The molecule has 0 aliphatic heterocycles. The molecule has 0 radical (unpaired) electrons. The summed E-state index contributed by atoms with van der Waals surface area (Å²) in [5, 5.41) is 12.8. The molecule has 1 saturated carbocycles. The summed E-state index contributed by atoms with van der Waals surface area (Å²) < 4.78 is 4.98. The zero-order chi connectivity index (χ0) is 13.2. The van der Waals surface area contributed by atoms with Gasteiger partial charge in [0.15, 0.2) is 11.5 Å². The first-order chi connectivity index (χ1) is 8.62. The maximum atomic E-state index is 12.0. The maximum Gasteiger partial charge on any atom is 0.255 e. The summed E-state index contributed by atoms with van der Waals surface area (Å²) in [6.07, 6.45) is 3.43. The molecule has 0 unspecified atom stereocenters. The van der Waals surface area contributed by atoms with Crippen molar-refractivity contribution in [3.63, 3.8) is 0 Å². The molecule has 1 aliphatic carbocycles. The van der Waals surface area contributed by atoms with Gasteiger partial charge in [-0.25, -0.2) is 0 Å². The minimum Gasteiger partial charge on any atom is -0.504 e. The number of phenolic OH excluding ortho intramolecular Hbond substituents is 1. The predicted octanol–water partition coefficient (Wildman–Crippen LogP) is 2.32. The predicted molar refractivity (Wildman–Crippen MR) is 69.0 cm³/mol. The molecule has 1 aliphatic rings. The van der Waals surface area contributed by atoms with Crippen molar-refractivity contribution >= 4 is 5.91 Å². The van der Waals surface area contributed by atoms with E-state index in [1.54, 1.807) is 18.2 Å². The lowest BCUT2D eigenvalue weighted by Crippen LogP contribution is -2.30. The topological polar surface area (TPSA) is 58.6 Å². The second-order valence-electron chi connectivity index (χ2n) is 4.89. The molecule has 1 aromatic rings. The molecule has 2 rings (SSSR count). The second-order valence-corrected chi connectivity index (χ2v) is 4.89. The highest BCUT2D eigenvalue weighted by Crippen LogP contribution is 2.47. The Morgan fingerprint density at radius 2 is 2.22 bits per heavy atom. The van der Waals surface area contributed by atoms with Crippen LogP contribution in [0, 0.1) is 5.41 Å². The number of hydrogen-bond donors (Lipinski definition) is 2. The molecule has 0 saturated heterocycles. The normalized spacial score (nSPS) is 16.1. The van der Waals surface area contributed by atoms with Crippen LogP contribution < -0.4 is 10.1 Å². The van der Waals surface area contributed by atoms with E-state index < -0.39 is 0 Å². The SMILES string of the molecule is CCC1(CNC(=O)c2cccc(OC)c2O)CC1. The van der Waals surface area contributed by atoms with Crippen molar-refractivity contribution in [3.8, 4) is 11.5 Å². The van der Waals surface area contributed by atoms with Gasteiger partial charge >= 0.3 is 0 Å². The second kappa shape index (κ2) is 4.88. The van der Waals surface area contributed by atoms with Crippen LogP contribution in [0.25, 0.3) is 0 Å². The number of para-hydroxylation sites is 1. The molecule has 18 heavy (non-hydrogen) atoms. The lowest BCUT2D eigenvalue weighted by molar-refractivity contribution is 0.0941. The van der Waals surface area contributed by atoms with E-state index in [-0.39, 0.29) is 17.2 Å². The Labute approximate surface area is 107 Å². The highest BCUT2D eigenvalue weighted by molar-refractivity contribution is 5.97. The number of carbonyl (C=O) groups excluding carboxylic acids is 1. The number of methoxy groups -OCH3 is 1. The first kappa shape index (κ1) is 12.7. The first-order valence-electron chi connectivity index (χ1n) is 6.26. The van der Waals surface area contributed by atoms with E-state index in [1.165, 1.54) is 20.0 Å². The van der Waals surface area contributed by atoms with Gasteiger partial charge in [-0.1, -0.05) is 13.0 Å². The van der Waals surface area contributed by atoms with Gasteiger partial charge in [0, 0.05) is 6.54 Å². The summed E-state index contributed by atoms with van der Waals surface area (Å²) >= 11 is 0. The van der Waals surface area contributed by atoms with Crippen molar-refractivity contribution in [2.45, 2.75) is 26.2 Å². The van der Waals surface area contributed by atoms with Crippen molar-refractivity contribution in [2.75, 3.05) is 13.7 Å². The summed E-state index contributed by atoms with van der Waals surface area (Å²) in [7, 11) is 1.47. The number of nitrogens with one attached hydrogen (secondary N) is 1. The first-order valence-corrected chi connectivity index (χ1v) is 6.26. The van der Waals surface area contributed by atoms with E-state index in [2.05, 4.69) is 12.2 Å². The van der Waals surface area contributed by atoms with E-state index in [0.29, 0.717) is 17.7 Å². The van der Waals surface area contributed by atoms with Gasteiger partial charge in [-0.2, -0.15) is 0 Å². The summed E-state index contributed by atoms with van der Waals surface area (Å²) in [6, 6.07) is 4.92. The van der Waals surface area contributed by atoms with Crippen LogP contribution in [0.2, 0.25) is 0 Å². The lowest BCUT2D eigenvalue weighted by Gasteiger charge is -2.14. The van der Waals surface area contributed by atoms with E-state index in [4.69, 9.17) is 4.74 Å². The third kappa shape index (κ3) is 2.42. The highest BCUT2D eigenvalue weighted by atomic mass is 16.5. The zero-order valence-electron chi connectivity index (χ0n) is 10.8. The molecule has 0 spiro atoms. The Bertz CT molecular complexity index is 452. The Balaban J connectivity index is 2.05. The van der Waals surface area contributed by atoms with Crippen molar-refractivity contribution in [1.82, 2.24) is 5.32 Å². The minimum atomic E-state index is -0.244. The molecule has 1 amide bonds. The molecule has 4 nitrogen and oxygen atoms in total. The Morgan fingerprint density at radius 3 is 2.78 bits per heavy atom. The molecule has 1 fully saturated rings. The van der Waals surface area contributed by atoms with Gasteiger partial charge in [-0.3, -0.25) is 4.79 Å². The molecule has 98 valence electrons. The summed E-state index contributed by atoms with van der Waals surface area (Å²) in [5.41, 5.74) is 0.561. The van der Waals surface area contributed by atoms with Gasteiger partial charge in [0.1, 0.15) is 0 Å². The van der Waals surface area contributed by atoms with Crippen molar-refractivity contribution < 1.29 is 14.6 Å². The quantitative estimate of drug-likeness (QED) is 0.842. The van der Waals surface area contributed by atoms with Crippen LogP contribution in [0.1, 0.15) is 36.5 Å². The number of phenols is 1. The van der Waals surface area contributed by atoms with Crippen LogP contribution in [0.3, 0.4) is 0 Å². The van der Waals surface area contributed by atoms with Crippen molar-refractivity contribution in [3.05, 3.63) is 23.8 Å². The highest BCUT2D eigenvalue weighted by Gasteiger charge is 2.40. The number of carbonyl (C=O) groups is 1. The zero-order valence-corrected chi connectivity index (χ0v) is 10.8. The van der Waals surface area contributed by atoms with Crippen LogP contribution >= 0.6 is 0 Å². The fraction of sp³-hybridized carbons (Fsp3) is 0.500. The molecule has 0 bridgehead atoms. The van der Waals surface area contributed by atoms with E-state index >= 15 is 0 Å². The van der Waals surface area contributed by atoms with Crippen LogP contribution in [-0.2, 0) is 0 Å². The smallest absolute Gasteiger partial charge is 0.255 e. The van der Waals surface area contributed by atoms with Crippen LogP contribution in [0.15, 0.2) is 18.2 Å². The van der Waals surface area contributed by atoms with E-state index in [9.17, 15) is 9.90 Å². The number of benzene rings is 1. The van der Waals surface area contributed by atoms with Crippen LogP contribution in [-0.4, -0.2) is 24.7 Å². The maximum absolute atomic E-state index is 12.0. The fourth-order valence-electron chi connectivity index (χ4n) is 2.07. The largest absolute Gasteiger partial charge is 0.504 e. The molecule has 1 aromatic carbocycles. The monoisotopic (exact) mass is 249 g/mol. The van der Waals surface area contributed by atoms with Gasteiger partial charge in [-0.05, 0) is 36.8 Å². The Kier molecular flexibility index (Phi) is 3.45. The van der Waals surface area contributed by atoms with E-state index in [1.807, 2.05) is 0 Å². The number of ether oxygens (including phenoxy) is 1. The molecular formula is C14H19NO3. The molecular weight excluding hydrogens is 230 g/mol. The van der Waals surface area contributed by atoms with Gasteiger partial charge < -0.3 is 15.2 Å². The molecule has 4 heteroatoms. The standard InChI is InChI=1S/C14H19NO3/c1-3-14(7-8-14)9-15-13(17)10-5-4-6-11(18-2)12(10)16/h4-6,16H,3,7-9H2,1-2H3,(H,15,17). The Hall–Kier alpha value is -1.71. The number of amides is 1. The molecule has 0 aromatic heterocycles. The van der Waals surface area contributed by atoms with Crippen LogP contribution in [0.4, 0.5) is 0 Å². The summed E-state index contributed by atoms with van der Waals surface area (Å²) in [6.45, 7) is 2.82. The van der Waals surface area contributed by atoms with Crippen molar-refractivity contribution in [2.24, 2.45) is 5.41 Å². The van der Waals surface area contributed by atoms with Crippen LogP contribution in [0.5, 0.6) is 11.5 Å². The minimum absolute atomic E-state index is 0.0983. The average Bonchev–Trinajstić information content (AvgIpc) is 3.17. The number of hydrogen-bond acceptors (Lipinski definition) is 3. The molecule has 2 N–H and O–H groups in total. The van der Waals surface area contributed by atoms with Crippen molar-refractivity contribution in [1.29, 1.82) is 0 Å². The molecule has 0 heterocycles. The Morgan fingerprint density at radius 1 is 1.50 bits per heavy atom. The fourth-order valence-corrected chi connectivity index (χ4v) is 2.07. The summed E-state index contributed by atoms with van der Waals surface area (Å²) in [4.78, 5) is 12.0. The van der Waals surface area contributed by atoms with Gasteiger partial charge in [-0.15, -0.1) is 0 Å². The average molecular weight is 249 g/mol. The van der Waals surface area contributed by atoms with E-state index in [0.717, 1.165) is 6.42 Å². The van der Waals surface area contributed by atoms with Gasteiger partial charge in [0.05, 0.1) is 12.7 Å². The van der Waals surface area contributed by atoms with Gasteiger partial charge in [0.2, 0.25) is 0 Å².